The van der Waals surface area contributed by atoms with Crippen LogP contribution in [0.3, 0.4) is 0 Å². The van der Waals surface area contributed by atoms with E-state index in [2.05, 4.69) is 4.90 Å². The van der Waals surface area contributed by atoms with Gasteiger partial charge in [0, 0.05) is 6.54 Å². The van der Waals surface area contributed by atoms with Gasteiger partial charge in [0.15, 0.2) is 11.5 Å². The zero-order valence-corrected chi connectivity index (χ0v) is 20.3. The molecule has 3 aromatic rings. The number of hydrogen-bond acceptors (Lipinski definition) is 4. The molecule has 0 bridgehead atoms. The average Bonchev–Trinajstić information content (AvgIpc) is 2.88. The summed E-state index contributed by atoms with van der Waals surface area (Å²) in [5.41, 5.74) is 1.07. The fourth-order valence-electron chi connectivity index (χ4n) is 4.98. The second kappa shape index (κ2) is 11.2. The largest absolute Gasteiger partial charge is 0.493 e. The van der Waals surface area contributed by atoms with E-state index in [0.717, 1.165) is 56.0 Å². The van der Waals surface area contributed by atoms with Crippen LogP contribution >= 0.6 is 0 Å². The normalized spacial score (nSPS) is 15.2. The van der Waals surface area contributed by atoms with Crippen LogP contribution in [0.1, 0.15) is 36.0 Å². The van der Waals surface area contributed by atoms with E-state index in [4.69, 9.17) is 9.47 Å². The number of ether oxygens (including phenoxy) is 2. The fraction of sp³-hybridized carbons (Fsp3) is 0.379. The Morgan fingerprint density at radius 3 is 2.00 bits per heavy atom. The Kier molecular flexibility index (Phi) is 8.04. The van der Waals surface area contributed by atoms with Crippen LogP contribution in [0.5, 0.6) is 11.5 Å². The second-order valence-corrected chi connectivity index (χ2v) is 9.25. The summed E-state index contributed by atoms with van der Waals surface area (Å²) in [5.74, 6) is 0.723. The number of halogens is 2. The highest BCUT2D eigenvalue weighted by molar-refractivity contribution is 5.42. The smallest absolute Gasteiger partial charge is 0.161 e. The predicted molar refractivity (Wildman–Crippen MR) is 133 cm³/mol. The van der Waals surface area contributed by atoms with E-state index in [9.17, 15) is 13.9 Å². The van der Waals surface area contributed by atoms with Crippen LogP contribution in [-0.4, -0.2) is 43.4 Å². The van der Waals surface area contributed by atoms with Crippen molar-refractivity contribution in [1.82, 2.24) is 4.90 Å². The number of rotatable bonds is 9. The van der Waals surface area contributed by atoms with Gasteiger partial charge in [-0.05, 0) is 98.3 Å². The average molecular weight is 482 g/mol. The van der Waals surface area contributed by atoms with Gasteiger partial charge in [-0.15, -0.1) is 0 Å². The summed E-state index contributed by atoms with van der Waals surface area (Å²) < 4.78 is 38.5. The molecule has 35 heavy (non-hydrogen) atoms. The SMILES string of the molecule is COc1cc(C)ccc1OCCCN1CCC(C(O)(c2ccc(F)cc2)c2ccc(F)cc2)CC1. The van der Waals surface area contributed by atoms with Crippen molar-refractivity contribution in [2.45, 2.75) is 31.8 Å². The molecular weight excluding hydrogens is 448 g/mol. The van der Waals surface area contributed by atoms with Gasteiger partial charge in [0.1, 0.15) is 17.2 Å². The standard InChI is InChI=1S/C29H33F2NO3/c1-21-4-13-27(28(20-21)34-2)35-19-3-16-32-17-14-24(15-18-32)29(33,22-5-9-25(30)10-6-22)23-7-11-26(31)12-8-23/h4-13,20,24,33H,3,14-19H2,1-2H3. The molecule has 0 amide bonds. The molecule has 1 aliphatic heterocycles. The van der Waals surface area contributed by atoms with Gasteiger partial charge in [0.25, 0.3) is 0 Å². The third-order valence-electron chi connectivity index (χ3n) is 6.94. The van der Waals surface area contributed by atoms with E-state index in [1.165, 1.54) is 24.3 Å². The van der Waals surface area contributed by atoms with Gasteiger partial charge >= 0.3 is 0 Å². The maximum absolute atomic E-state index is 13.6. The summed E-state index contributed by atoms with van der Waals surface area (Å²) in [6, 6.07) is 17.9. The van der Waals surface area contributed by atoms with E-state index in [1.54, 1.807) is 31.4 Å². The van der Waals surface area contributed by atoms with E-state index in [-0.39, 0.29) is 17.6 Å². The molecule has 4 nitrogen and oxygen atoms in total. The van der Waals surface area contributed by atoms with E-state index in [0.29, 0.717) is 17.7 Å². The van der Waals surface area contributed by atoms with Crippen molar-refractivity contribution >= 4 is 0 Å². The first-order valence-electron chi connectivity index (χ1n) is 12.1. The Balaban J connectivity index is 1.36. The lowest BCUT2D eigenvalue weighted by molar-refractivity contribution is -0.0147. The molecule has 1 N–H and O–H groups in total. The van der Waals surface area contributed by atoms with Crippen LogP contribution < -0.4 is 9.47 Å². The minimum Gasteiger partial charge on any atom is -0.493 e. The van der Waals surface area contributed by atoms with Gasteiger partial charge in [-0.2, -0.15) is 0 Å². The number of hydrogen-bond donors (Lipinski definition) is 1. The Labute approximate surface area is 206 Å². The van der Waals surface area contributed by atoms with Gasteiger partial charge in [0.05, 0.1) is 13.7 Å². The molecule has 1 heterocycles. The number of nitrogens with zero attached hydrogens (tertiary/aromatic N) is 1. The van der Waals surface area contributed by atoms with Crippen LogP contribution in [-0.2, 0) is 5.60 Å². The molecule has 0 saturated carbocycles. The minimum atomic E-state index is -1.31. The summed E-state index contributed by atoms with van der Waals surface area (Å²) in [7, 11) is 1.64. The number of aryl methyl sites for hydroxylation is 1. The lowest BCUT2D eigenvalue weighted by Crippen LogP contribution is -2.44. The first kappa shape index (κ1) is 25.1. The highest BCUT2D eigenvalue weighted by Crippen LogP contribution is 2.42. The predicted octanol–water partition coefficient (Wildman–Crippen LogP) is 5.70. The van der Waals surface area contributed by atoms with Crippen LogP contribution in [0.4, 0.5) is 8.78 Å². The molecule has 186 valence electrons. The molecule has 0 aromatic heterocycles. The lowest BCUT2D eigenvalue weighted by atomic mass is 9.72. The molecule has 4 rings (SSSR count). The first-order chi connectivity index (χ1) is 16.9. The zero-order valence-electron chi connectivity index (χ0n) is 20.3. The van der Waals surface area contributed by atoms with Crippen LogP contribution in [0.15, 0.2) is 66.7 Å². The number of aliphatic hydroxyl groups is 1. The van der Waals surface area contributed by atoms with Crippen molar-refractivity contribution in [3.63, 3.8) is 0 Å². The molecule has 0 atom stereocenters. The Hall–Kier alpha value is -2.96. The first-order valence-corrected chi connectivity index (χ1v) is 12.1. The van der Waals surface area contributed by atoms with Crippen LogP contribution in [0.25, 0.3) is 0 Å². The Bertz CT molecular complexity index is 1050. The molecular formula is C29H33F2NO3. The molecule has 3 aromatic carbocycles. The lowest BCUT2D eigenvalue weighted by Gasteiger charge is -2.42. The van der Waals surface area contributed by atoms with Gasteiger partial charge < -0.3 is 19.5 Å². The van der Waals surface area contributed by atoms with Crippen molar-refractivity contribution in [2.75, 3.05) is 33.4 Å². The highest BCUT2D eigenvalue weighted by atomic mass is 19.1. The number of benzene rings is 3. The topological polar surface area (TPSA) is 41.9 Å². The zero-order chi connectivity index (χ0) is 24.8. The molecule has 0 spiro atoms. The second-order valence-electron chi connectivity index (χ2n) is 9.25. The Morgan fingerprint density at radius 1 is 0.886 bits per heavy atom. The molecule has 0 unspecified atom stereocenters. The summed E-state index contributed by atoms with van der Waals surface area (Å²) in [6.45, 7) is 5.18. The van der Waals surface area contributed by atoms with Crippen molar-refractivity contribution < 1.29 is 23.4 Å². The van der Waals surface area contributed by atoms with E-state index < -0.39 is 5.60 Å². The van der Waals surface area contributed by atoms with Crippen LogP contribution in [0.2, 0.25) is 0 Å². The summed E-state index contributed by atoms with van der Waals surface area (Å²) in [4.78, 5) is 2.38. The molecule has 1 saturated heterocycles. The fourth-order valence-corrected chi connectivity index (χ4v) is 4.98. The van der Waals surface area contributed by atoms with Crippen molar-refractivity contribution in [3.8, 4) is 11.5 Å². The molecule has 0 aliphatic carbocycles. The highest BCUT2D eigenvalue weighted by Gasteiger charge is 2.41. The summed E-state index contributed by atoms with van der Waals surface area (Å²) >= 11 is 0. The van der Waals surface area contributed by atoms with Crippen LogP contribution in [0, 0.1) is 24.5 Å². The molecule has 1 fully saturated rings. The maximum atomic E-state index is 13.6. The van der Waals surface area contributed by atoms with Gasteiger partial charge in [-0.1, -0.05) is 30.3 Å². The van der Waals surface area contributed by atoms with Crippen molar-refractivity contribution in [2.24, 2.45) is 5.92 Å². The van der Waals surface area contributed by atoms with Crippen molar-refractivity contribution in [1.29, 1.82) is 0 Å². The quantitative estimate of drug-likeness (QED) is 0.398. The summed E-state index contributed by atoms with van der Waals surface area (Å²) in [5, 5.41) is 12.0. The van der Waals surface area contributed by atoms with Gasteiger partial charge in [-0.3, -0.25) is 0 Å². The van der Waals surface area contributed by atoms with Gasteiger partial charge in [0.2, 0.25) is 0 Å². The number of likely N-dealkylation sites (tertiary alicyclic amines) is 1. The van der Waals surface area contributed by atoms with E-state index >= 15 is 0 Å². The third kappa shape index (κ3) is 5.82. The van der Waals surface area contributed by atoms with Crippen molar-refractivity contribution in [3.05, 3.63) is 95.1 Å². The monoisotopic (exact) mass is 481 g/mol. The Morgan fingerprint density at radius 2 is 1.46 bits per heavy atom. The van der Waals surface area contributed by atoms with E-state index in [1.807, 2.05) is 25.1 Å². The number of methoxy groups -OCH3 is 1. The molecule has 0 radical (unpaired) electrons. The minimum absolute atomic E-state index is 0.0669. The summed E-state index contributed by atoms with van der Waals surface area (Å²) in [6.07, 6.45) is 2.43. The number of piperidine rings is 1. The molecule has 1 aliphatic rings. The maximum Gasteiger partial charge on any atom is 0.161 e. The molecule has 6 heteroatoms. The van der Waals surface area contributed by atoms with Gasteiger partial charge in [-0.25, -0.2) is 8.78 Å². The third-order valence-corrected chi connectivity index (χ3v) is 6.94.